The van der Waals surface area contributed by atoms with Crippen molar-refractivity contribution in [2.45, 2.75) is 24.3 Å². The molecule has 0 radical (unpaired) electrons. The second-order valence-corrected chi connectivity index (χ2v) is 8.36. The van der Waals surface area contributed by atoms with Crippen LogP contribution >= 0.6 is 0 Å². The van der Waals surface area contributed by atoms with Crippen molar-refractivity contribution >= 4 is 27.3 Å². The molecule has 0 fully saturated rings. The molecule has 7 nitrogen and oxygen atoms in total. The van der Waals surface area contributed by atoms with Gasteiger partial charge in [-0.1, -0.05) is 25.1 Å². The Morgan fingerprint density at radius 1 is 0.871 bits per heavy atom. The first-order chi connectivity index (χ1) is 14.9. The van der Waals surface area contributed by atoms with E-state index >= 15 is 0 Å². The van der Waals surface area contributed by atoms with Gasteiger partial charge in [-0.05, 0) is 67.1 Å². The monoisotopic (exact) mass is 440 g/mol. The fourth-order valence-corrected chi connectivity index (χ4v) is 3.86. The highest BCUT2D eigenvalue weighted by Crippen LogP contribution is 2.21. The van der Waals surface area contributed by atoms with E-state index in [0.29, 0.717) is 29.3 Å². The van der Waals surface area contributed by atoms with E-state index in [4.69, 9.17) is 9.47 Å². The number of anilines is 2. The van der Waals surface area contributed by atoms with Crippen LogP contribution in [0.15, 0.2) is 83.8 Å². The molecule has 0 bridgehead atoms. The third kappa shape index (κ3) is 5.99. The molecule has 3 aromatic carbocycles. The second-order valence-electron chi connectivity index (χ2n) is 6.68. The van der Waals surface area contributed by atoms with Crippen molar-refractivity contribution in [2.75, 3.05) is 17.1 Å². The van der Waals surface area contributed by atoms with Gasteiger partial charge in [-0.25, -0.2) is 8.42 Å². The fourth-order valence-electron chi connectivity index (χ4n) is 2.80. The molecular weight excluding hydrogens is 416 g/mol. The van der Waals surface area contributed by atoms with E-state index in [1.807, 2.05) is 25.1 Å². The van der Waals surface area contributed by atoms with Crippen LogP contribution in [0.3, 0.4) is 0 Å². The SMILES string of the molecule is CCC(Oc1ccccc1)C(=O)Nc1ccc(S(=O)(=O)Nc2ccc(OC)cc2)cc1. The summed E-state index contributed by atoms with van der Waals surface area (Å²) in [6.07, 6.45) is -0.179. The zero-order valence-electron chi connectivity index (χ0n) is 17.2. The number of para-hydroxylation sites is 1. The van der Waals surface area contributed by atoms with Crippen molar-refractivity contribution < 1.29 is 22.7 Å². The number of sulfonamides is 1. The zero-order valence-corrected chi connectivity index (χ0v) is 18.1. The number of hydrogen-bond acceptors (Lipinski definition) is 5. The maximum absolute atomic E-state index is 12.6. The maximum atomic E-state index is 12.6. The minimum atomic E-state index is -3.77. The number of methoxy groups -OCH3 is 1. The topological polar surface area (TPSA) is 93.7 Å². The molecule has 0 aliphatic carbocycles. The van der Waals surface area contributed by atoms with Gasteiger partial charge in [-0.2, -0.15) is 0 Å². The number of amides is 1. The van der Waals surface area contributed by atoms with Crippen LogP contribution in [0.5, 0.6) is 11.5 Å². The van der Waals surface area contributed by atoms with Crippen molar-refractivity contribution in [1.29, 1.82) is 0 Å². The molecule has 31 heavy (non-hydrogen) atoms. The number of ether oxygens (including phenoxy) is 2. The predicted molar refractivity (Wildman–Crippen MR) is 120 cm³/mol. The first-order valence-electron chi connectivity index (χ1n) is 9.71. The van der Waals surface area contributed by atoms with Crippen LogP contribution in [0.2, 0.25) is 0 Å². The summed E-state index contributed by atoms with van der Waals surface area (Å²) in [6, 6.07) is 21.6. The van der Waals surface area contributed by atoms with Crippen LogP contribution in [-0.4, -0.2) is 27.5 Å². The molecule has 3 rings (SSSR count). The van der Waals surface area contributed by atoms with Gasteiger partial charge in [0.2, 0.25) is 0 Å². The Morgan fingerprint density at radius 2 is 1.48 bits per heavy atom. The summed E-state index contributed by atoms with van der Waals surface area (Å²) in [4.78, 5) is 12.6. The summed E-state index contributed by atoms with van der Waals surface area (Å²) < 4.78 is 38.5. The van der Waals surface area contributed by atoms with Gasteiger partial charge in [0.1, 0.15) is 11.5 Å². The molecule has 0 spiro atoms. The molecule has 0 saturated heterocycles. The number of benzene rings is 3. The number of carbonyl (C=O) groups is 1. The lowest BCUT2D eigenvalue weighted by atomic mass is 10.2. The Kier molecular flexibility index (Phi) is 7.15. The highest BCUT2D eigenvalue weighted by molar-refractivity contribution is 7.92. The van der Waals surface area contributed by atoms with Gasteiger partial charge >= 0.3 is 0 Å². The summed E-state index contributed by atoms with van der Waals surface area (Å²) in [5, 5.41) is 2.76. The number of carbonyl (C=O) groups excluding carboxylic acids is 1. The smallest absolute Gasteiger partial charge is 0.265 e. The van der Waals surface area contributed by atoms with Crippen LogP contribution < -0.4 is 19.5 Å². The van der Waals surface area contributed by atoms with Gasteiger partial charge in [0.25, 0.3) is 15.9 Å². The van der Waals surface area contributed by atoms with Crippen LogP contribution in [0.4, 0.5) is 11.4 Å². The number of rotatable bonds is 9. The van der Waals surface area contributed by atoms with Crippen LogP contribution in [0, 0.1) is 0 Å². The molecule has 0 saturated carbocycles. The van der Waals surface area contributed by atoms with E-state index in [-0.39, 0.29) is 10.8 Å². The lowest BCUT2D eigenvalue weighted by Gasteiger charge is -2.17. The molecule has 1 amide bonds. The molecule has 0 heterocycles. The lowest BCUT2D eigenvalue weighted by Crippen LogP contribution is -2.32. The van der Waals surface area contributed by atoms with Gasteiger partial charge < -0.3 is 14.8 Å². The van der Waals surface area contributed by atoms with Crippen molar-refractivity contribution in [2.24, 2.45) is 0 Å². The van der Waals surface area contributed by atoms with E-state index < -0.39 is 16.1 Å². The van der Waals surface area contributed by atoms with Crippen molar-refractivity contribution in [1.82, 2.24) is 0 Å². The summed E-state index contributed by atoms with van der Waals surface area (Å²) in [7, 11) is -2.23. The highest BCUT2D eigenvalue weighted by atomic mass is 32.2. The molecule has 1 atom stereocenters. The molecule has 2 N–H and O–H groups in total. The molecule has 8 heteroatoms. The lowest BCUT2D eigenvalue weighted by molar-refractivity contribution is -0.122. The van der Waals surface area contributed by atoms with Gasteiger partial charge in [0.05, 0.1) is 12.0 Å². The first-order valence-corrected chi connectivity index (χ1v) is 11.2. The summed E-state index contributed by atoms with van der Waals surface area (Å²) >= 11 is 0. The van der Waals surface area contributed by atoms with Gasteiger partial charge in [0.15, 0.2) is 6.10 Å². The Balaban J connectivity index is 1.64. The second kappa shape index (κ2) is 9.99. The summed E-state index contributed by atoms with van der Waals surface area (Å²) in [5.41, 5.74) is 0.894. The molecule has 0 aliphatic rings. The van der Waals surface area contributed by atoms with Crippen molar-refractivity contribution in [3.63, 3.8) is 0 Å². The Bertz CT molecular complexity index is 1100. The van der Waals surface area contributed by atoms with E-state index in [0.717, 1.165) is 0 Å². The third-order valence-electron chi connectivity index (χ3n) is 4.46. The molecular formula is C23H24N2O5S. The van der Waals surface area contributed by atoms with Gasteiger partial charge in [-0.15, -0.1) is 0 Å². The van der Waals surface area contributed by atoms with Crippen molar-refractivity contribution in [3.05, 3.63) is 78.9 Å². The fraction of sp³-hybridized carbons (Fsp3) is 0.174. The van der Waals surface area contributed by atoms with E-state index in [1.165, 1.54) is 31.4 Å². The van der Waals surface area contributed by atoms with E-state index in [9.17, 15) is 13.2 Å². The molecule has 3 aromatic rings. The average Bonchev–Trinajstić information content (AvgIpc) is 2.78. The number of hydrogen-bond donors (Lipinski definition) is 2. The van der Waals surface area contributed by atoms with Crippen LogP contribution in [0.1, 0.15) is 13.3 Å². The molecule has 162 valence electrons. The van der Waals surface area contributed by atoms with E-state index in [2.05, 4.69) is 10.0 Å². The zero-order chi connectivity index (χ0) is 22.3. The van der Waals surface area contributed by atoms with Gasteiger partial charge in [-0.3, -0.25) is 9.52 Å². The molecule has 1 unspecified atom stereocenters. The summed E-state index contributed by atoms with van der Waals surface area (Å²) in [6.45, 7) is 1.85. The van der Waals surface area contributed by atoms with Crippen LogP contribution in [-0.2, 0) is 14.8 Å². The van der Waals surface area contributed by atoms with Crippen molar-refractivity contribution in [3.8, 4) is 11.5 Å². The van der Waals surface area contributed by atoms with E-state index in [1.54, 1.807) is 36.4 Å². The first kappa shape index (κ1) is 22.2. The minimum absolute atomic E-state index is 0.0777. The van der Waals surface area contributed by atoms with Crippen LogP contribution in [0.25, 0.3) is 0 Å². The number of nitrogens with one attached hydrogen (secondary N) is 2. The Morgan fingerprint density at radius 3 is 2.06 bits per heavy atom. The molecule has 0 aliphatic heterocycles. The highest BCUT2D eigenvalue weighted by Gasteiger charge is 2.19. The normalized spacial score (nSPS) is 11.9. The Hall–Kier alpha value is -3.52. The summed E-state index contributed by atoms with van der Waals surface area (Å²) in [5.74, 6) is 0.929. The predicted octanol–water partition coefficient (Wildman–Crippen LogP) is 4.29. The third-order valence-corrected chi connectivity index (χ3v) is 5.86. The quantitative estimate of drug-likeness (QED) is 0.518. The Labute approximate surface area is 182 Å². The minimum Gasteiger partial charge on any atom is -0.497 e. The maximum Gasteiger partial charge on any atom is 0.265 e. The standard InChI is InChI=1S/C23H24N2O5S/c1-3-22(30-20-7-5-4-6-8-20)23(26)24-17-11-15-21(16-12-17)31(27,28)25-18-9-13-19(29-2)14-10-18/h4-16,22,25H,3H2,1-2H3,(H,24,26). The van der Waals surface area contributed by atoms with Gasteiger partial charge in [0, 0.05) is 11.4 Å². The average molecular weight is 441 g/mol. The largest absolute Gasteiger partial charge is 0.497 e. The molecule has 0 aromatic heterocycles.